The van der Waals surface area contributed by atoms with E-state index in [1.165, 1.54) is 6.20 Å². The van der Waals surface area contributed by atoms with Gasteiger partial charge in [0.2, 0.25) is 5.91 Å². The fourth-order valence-corrected chi connectivity index (χ4v) is 2.30. The van der Waals surface area contributed by atoms with Crippen LogP contribution < -0.4 is 5.32 Å². The zero-order valence-electron chi connectivity index (χ0n) is 10.6. The number of carbonyl (C=O) groups is 1. The van der Waals surface area contributed by atoms with Gasteiger partial charge in [0.15, 0.2) is 0 Å². The molecule has 0 spiro atoms. The molecule has 0 radical (unpaired) electrons. The second kappa shape index (κ2) is 5.82. The molecule has 1 aromatic rings. The molecule has 0 aromatic carbocycles. The molecule has 1 amide bonds. The van der Waals surface area contributed by atoms with Crippen molar-refractivity contribution in [1.82, 2.24) is 15.2 Å². The Morgan fingerprint density at radius 3 is 2.78 bits per heavy atom. The number of amides is 1. The molecule has 18 heavy (non-hydrogen) atoms. The highest BCUT2D eigenvalue weighted by Gasteiger charge is 2.24. The van der Waals surface area contributed by atoms with Gasteiger partial charge >= 0.3 is 0 Å². The smallest absolute Gasteiger partial charge is 0.222 e. The van der Waals surface area contributed by atoms with Crippen LogP contribution in [-0.4, -0.2) is 41.0 Å². The maximum atomic E-state index is 11.5. The van der Waals surface area contributed by atoms with Crippen LogP contribution in [0.5, 0.6) is 5.75 Å². The van der Waals surface area contributed by atoms with Gasteiger partial charge in [-0.05, 0) is 38.1 Å². The van der Waals surface area contributed by atoms with Crippen LogP contribution in [0.2, 0.25) is 0 Å². The molecule has 2 N–H and O–H groups in total. The van der Waals surface area contributed by atoms with E-state index < -0.39 is 0 Å². The van der Waals surface area contributed by atoms with E-state index in [0.29, 0.717) is 0 Å². The minimum absolute atomic E-state index is 0.150. The molecular formula is C13H19N3O2. The van der Waals surface area contributed by atoms with Crippen LogP contribution in [0.1, 0.15) is 18.5 Å². The minimum atomic E-state index is 0.150. The second-order valence-electron chi connectivity index (χ2n) is 4.67. The van der Waals surface area contributed by atoms with Gasteiger partial charge in [0, 0.05) is 19.5 Å². The summed E-state index contributed by atoms with van der Waals surface area (Å²) in [6.45, 7) is 2.61. The number of likely N-dealkylation sites (tertiary alicyclic amines) is 1. The summed E-state index contributed by atoms with van der Waals surface area (Å²) in [5, 5.41) is 11.9. The van der Waals surface area contributed by atoms with Gasteiger partial charge in [-0.15, -0.1) is 0 Å². The zero-order chi connectivity index (χ0) is 13.0. The Morgan fingerprint density at radius 1 is 1.50 bits per heavy atom. The van der Waals surface area contributed by atoms with Crippen LogP contribution >= 0.6 is 0 Å². The fraction of sp³-hybridized carbons (Fsp3) is 0.538. The van der Waals surface area contributed by atoms with Gasteiger partial charge in [-0.1, -0.05) is 0 Å². The van der Waals surface area contributed by atoms with E-state index in [-0.39, 0.29) is 17.6 Å². The number of pyridine rings is 1. The zero-order valence-corrected chi connectivity index (χ0v) is 10.6. The van der Waals surface area contributed by atoms with Gasteiger partial charge in [0.05, 0.1) is 11.9 Å². The summed E-state index contributed by atoms with van der Waals surface area (Å²) in [6.07, 6.45) is 3.27. The Morgan fingerprint density at radius 2 is 2.22 bits per heavy atom. The molecule has 2 rings (SSSR count). The van der Waals surface area contributed by atoms with Crippen molar-refractivity contribution in [3.63, 3.8) is 0 Å². The lowest BCUT2D eigenvalue weighted by Gasteiger charge is -2.30. The Balaban J connectivity index is 1.83. The van der Waals surface area contributed by atoms with E-state index in [9.17, 15) is 4.79 Å². The first-order valence-corrected chi connectivity index (χ1v) is 6.27. The van der Waals surface area contributed by atoms with Crippen molar-refractivity contribution in [3.05, 3.63) is 24.0 Å². The van der Waals surface area contributed by atoms with Crippen LogP contribution in [0.15, 0.2) is 18.3 Å². The highest BCUT2D eigenvalue weighted by molar-refractivity contribution is 5.78. The van der Waals surface area contributed by atoms with Crippen molar-refractivity contribution >= 4 is 5.91 Å². The number of nitrogens with zero attached hydrogens (tertiary/aromatic N) is 2. The number of aromatic nitrogens is 1. The van der Waals surface area contributed by atoms with Gasteiger partial charge in [0.25, 0.3) is 0 Å². The Bertz CT molecular complexity index is 397. The van der Waals surface area contributed by atoms with E-state index in [2.05, 4.69) is 15.2 Å². The average Bonchev–Trinajstić information content (AvgIpc) is 2.41. The monoisotopic (exact) mass is 249 g/mol. The normalized spacial score (nSPS) is 17.6. The lowest BCUT2D eigenvalue weighted by atomic mass is 9.96. The maximum Gasteiger partial charge on any atom is 0.222 e. The summed E-state index contributed by atoms with van der Waals surface area (Å²) in [7, 11) is 1.69. The summed E-state index contributed by atoms with van der Waals surface area (Å²) in [6, 6.07) is 3.49. The van der Waals surface area contributed by atoms with Crippen LogP contribution in [0.25, 0.3) is 0 Å². The third kappa shape index (κ3) is 3.20. The van der Waals surface area contributed by atoms with Crippen molar-refractivity contribution in [2.75, 3.05) is 20.1 Å². The van der Waals surface area contributed by atoms with Crippen LogP contribution in [0, 0.1) is 5.92 Å². The van der Waals surface area contributed by atoms with Gasteiger partial charge in [-0.25, -0.2) is 0 Å². The molecule has 98 valence electrons. The van der Waals surface area contributed by atoms with Crippen molar-refractivity contribution in [2.45, 2.75) is 19.4 Å². The number of carbonyl (C=O) groups excluding carboxylic acids is 1. The maximum absolute atomic E-state index is 11.5. The highest BCUT2D eigenvalue weighted by Crippen LogP contribution is 2.19. The van der Waals surface area contributed by atoms with E-state index in [4.69, 9.17) is 5.11 Å². The summed E-state index contributed by atoms with van der Waals surface area (Å²) >= 11 is 0. The lowest BCUT2D eigenvalue weighted by Crippen LogP contribution is -2.39. The number of nitrogens with one attached hydrogen (secondary N) is 1. The summed E-state index contributed by atoms with van der Waals surface area (Å²) < 4.78 is 0. The molecule has 1 aliphatic heterocycles. The third-order valence-electron chi connectivity index (χ3n) is 3.40. The second-order valence-corrected chi connectivity index (χ2v) is 4.67. The van der Waals surface area contributed by atoms with Crippen molar-refractivity contribution in [1.29, 1.82) is 0 Å². The molecule has 0 unspecified atom stereocenters. The quantitative estimate of drug-likeness (QED) is 0.829. The number of hydrogen-bond donors (Lipinski definition) is 2. The van der Waals surface area contributed by atoms with Crippen LogP contribution in [0.4, 0.5) is 0 Å². The summed E-state index contributed by atoms with van der Waals surface area (Å²) in [5.74, 6) is 0.494. The number of aromatic hydroxyl groups is 1. The van der Waals surface area contributed by atoms with Crippen molar-refractivity contribution < 1.29 is 9.90 Å². The number of hydrogen-bond acceptors (Lipinski definition) is 4. The first-order chi connectivity index (χ1) is 8.69. The molecular weight excluding hydrogens is 230 g/mol. The number of rotatable bonds is 3. The predicted molar refractivity (Wildman–Crippen MR) is 68.0 cm³/mol. The van der Waals surface area contributed by atoms with E-state index in [1.807, 2.05) is 6.07 Å². The standard InChI is InChI=1S/C13H19N3O2/c1-14-13(18)10-4-6-16(7-5-10)9-11-2-3-12(17)8-15-11/h2-3,8,10,17H,4-7,9H2,1H3,(H,14,18). The molecule has 0 bridgehead atoms. The molecule has 0 atom stereocenters. The summed E-state index contributed by atoms with van der Waals surface area (Å²) in [5.41, 5.74) is 0.950. The molecule has 2 heterocycles. The van der Waals surface area contributed by atoms with Gasteiger partial charge < -0.3 is 10.4 Å². The molecule has 0 aliphatic carbocycles. The Kier molecular flexibility index (Phi) is 4.15. The van der Waals surface area contributed by atoms with Crippen molar-refractivity contribution in [2.24, 2.45) is 5.92 Å². The van der Waals surface area contributed by atoms with Crippen LogP contribution in [-0.2, 0) is 11.3 Å². The highest BCUT2D eigenvalue weighted by atomic mass is 16.3. The van der Waals surface area contributed by atoms with E-state index in [1.54, 1.807) is 13.1 Å². The topological polar surface area (TPSA) is 65.5 Å². The summed E-state index contributed by atoms with van der Waals surface area (Å²) in [4.78, 5) is 18.0. The predicted octanol–water partition coefficient (Wildman–Crippen LogP) is 0.745. The van der Waals surface area contributed by atoms with Gasteiger partial charge in [0.1, 0.15) is 5.75 Å². The molecule has 1 aliphatic rings. The first kappa shape index (κ1) is 12.8. The molecule has 1 aromatic heterocycles. The Labute approximate surface area is 107 Å². The average molecular weight is 249 g/mol. The van der Waals surface area contributed by atoms with E-state index >= 15 is 0 Å². The van der Waals surface area contributed by atoms with Gasteiger partial charge in [-0.2, -0.15) is 0 Å². The Hall–Kier alpha value is -1.62. The molecule has 1 saturated heterocycles. The van der Waals surface area contributed by atoms with E-state index in [0.717, 1.165) is 38.2 Å². The molecule has 0 saturated carbocycles. The van der Waals surface area contributed by atoms with Crippen LogP contribution in [0.3, 0.4) is 0 Å². The molecule has 5 nitrogen and oxygen atoms in total. The minimum Gasteiger partial charge on any atom is -0.506 e. The van der Waals surface area contributed by atoms with Crippen molar-refractivity contribution in [3.8, 4) is 5.75 Å². The fourth-order valence-electron chi connectivity index (χ4n) is 2.30. The third-order valence-corrected chi connectivity index (χ3v) is 3.40. The van der Waals surface area contributed by atoms with Gasteiger partial charge in [-0.3, -0.25) is 14.7 Å². The molecule has 5 heteroatoms. The number of piperidine rings is 1. The molecule has 1 fully saturated rings. The SMILES string of the molecule is CNC(=O)C1CCN(Cc2ccc(O)cn2)CC1. The first-order valence-electron chi connectivity index (χ1n) is 6.27. The largest absolute Gasteiger partial charge is 0.506 e. The lowest BCUT2D eigenvalue weighted by molar-refractivity contribution is -0.125.